The molecule has 1 fully saturated rings. The maximum atomic E-state index is 13.1. The number of nitrogens with one attached hydrogen (secondary N) is 1. The van der Waals surface area contributed by atoms with Crippen molar-refractivity contribution in [2.75, 3.05) is 13.7 Å². The van der Waals surface area contributed by atoms with E-state index >= 15 is 0 Å². The summed E-state index contributed by atoms with van der Waals surface area (Å²) >= 11 is 0. The Kier molecular flexibility index (Phi) is 6.54. The summed E-state index contributed by atoms with van der Waals surface area (Å²) in [6, 6.07) is 15.0. The van der Waals surface area contributed by atoms with Crippen molar-refractivity contribution in [3.8, 4) is 5.75 Å². The van der Waals surface area contributed by atoms with E-state index < -0.39 is 0 Å². The molecule has 7 nitrogen and oxygen atoms in total. The van der Waals surface area contributed by atoms with E-state index in [-0.39, 0.29) is 17.9 Å². The Labute approximate surface area is 188 Å². The van der Waals surface area contributed by atoms with Gasteiger partial charge in [0, 0.05) is 37.5 Å². The number of aryl methyl sites for hydroxylation is 1. The Morgan fingerprint density at radius 2 is 1.81 bits per heavy atom. The molecule has 1 aliphatic rings. The first-order valence-electron chi connectivity index (χ1n) is 10.8. The number of amides is 2. The zero-order valence-corrected chi connectivity index (χ0v) is 18.5. The highest BCUT2D eigenvalue weighted by Gasteiger charge is 2.31. The summed E-state index contributed by atoms with van der Waals surface area (Å²) in [6.45, 7) is 1.17. The summed E-state index contributed by atoms with van der Waals surface area (Å²) in [5.41, 5.74) is 3.62. The lowest BCUT2D eigenvalue weighted by Crippen LogP contribution is -2.30. The Balaban J connectivity index is 1.32. The van der Waals surface area contributed by atoms with Gasteiger partial charge in [-0.25, -0.2) is 0 Å². The van der Waals surface area contributed by atoms with Crippen molar-refractivity contribution in [3.05, 3.63) is 83.2 Å². The molecule has 1 N–H and O–H groups in total. The Bertz CT molecular complexity index is 1070. The Hall–Kier alpha value is -3.61. The van der Waals surface area contributed by atoms with Gasteiger partial charge in [-0.1, -0.05) is 24.3 Å². The third-order valence-electron chi connectivity index (χ3n) is 5.84. The van der Waals surface area contributed by atoms with Crippen molar-refractivity contribution in [1.29, 1.82) is 0 Å². The minimum absolute atomic E-state index is 0.0337. The molecule has 1 atom stereocenters. The molecule has 0 aliphatic carbocycles. The van der Waals surface area contributed by atoms with Crippen LogP contribution in [-0.4, -0.2) is 40.1 Å². The topological polar surface area (TPSA) is 76.5 Å². The number of carbonyl (C=O) groups is 2. The number of rotatable bonds is 7. The fourth-order valence-electron chi connectivity index (χ4n) is 4.09. The van der Waals surface area contributed by atoms with Gasteiger partial charge in [0.2, 0.25) is 5.91 Å². The molecule has 2 amide bonds. The molecule has 1 aromatic heterocycles. The average molecular weight is 433 g/mol. The smallest absolute Gasteiger partial charge is 0.254 e. The number of aromatic nitrogens is 2. The number of hydrogen-bond donors (Lipinski definition) is 1. The summed E-state index contributed by atoms with van der Waals surface area (Å²) in [5, 5.41) is 7.18. The molecule has 1 saturated heterocycles. The second-order valence-electron chi connectivity index (χ2n) is 8.10. The second kappa shape index (κ2) is 9.68. The maximum Gasteiger partial charge on any atom is 0.254 e. The highest BCUT2D eigenvalue weighted by molar-refractivity contribution is 5.94. The van der Waals surface area contributed by atoms with E-state index in [0.29, 0.717) is 18.5 Å². The predicted octanol–water partition coefficient (Wildman–Crippen LogP) is 3.26. The first kappa shape index (κ1) is 21.6. The number of likely N-dealkylation sites (tertiary alicyclic amines) is 1. The van der Waals surface area contributed by atoms with Gasteiger partial charge >= 0.3 is 0 Å². The van der Waals surface area contributed by atoms with Crippen molar-refractivity contribution in [2.24, 2.45) is 7.05 Å². The molecule has 2 heterocycles. The molecular formula is C25H28N4O3. The van der Waals surface area contributed by atoms with E-state index in [4.69, 9.17) is 4.74 Å². The zero-order valence-electron chi connectivity index (χ0n) is 18.5. The van der Waals surface area contributed by atoms with Crippen LogP contribution in [0.4, 0.5) is 0 Å². The van der Waals surface area contributed by atoms with Crippen LogP contribution in [0.25, 0.3) is 0 Å². The standard InChI is InChI=1S/C25H28N4O3/c1-28-17-21(16-27-28)23-4-3-13-29(23)25(31)20-9-5-19(6-10-20)15-26-24(30)14-18-7-11-22(32-2)12-8-18/h5-12,16-17,23H,3-4,13-15H2,1-2H3,(H,26,30). The van der Waals surface area contributed by atoms with Gasteiger partial charge in [-0.3, -0.25) is 14.3 Å². The molecule has 0 saturated carbocycles. The van der Waals surface area contributed by atoms with Gasteiger partial charge in [0.05, 0.1) is 25.8 Å². The Morgan fingerprint density at radius 1 is 1.09 bits per heavy atom. The molecule has 32 heavy (non-hydrogen) atoms. The van der Waals surface area contributed by atoms with Crippen molar-refractivity contribution in [2.45, 2.75) is 31.8 Å². The number of benzene rings is 2. The van der Waals surface area contributed by atoms with Gasteiger partial charge in [-0.2, -0.15) is 5.10 Å². The van der Waals surface area contributed by atoms with Crippen molar-refractivity contribution in [3.63, 3.8) is 0 Å². The summed E-state index contributed by atoms with van der Waals surface area (Å²) in [5.74, 6) is 0.752. The quantitative estimate of drug-likeness (QED) is 0.622. The normalized spacial score (nSPS) is 15.6. The molecule has 1 unspecified atom stereocenters. The fourth-order valence-corrected chi connectivity index (χ4v) is 4.09. The minimum Gasteiger partial charge on any atom is -0.497 e. The molecule has 1 aliphatic heterocycles. The lowest BCUT2D eigenvalue weighted by molar-refractivity contribution is -0.120. The molecule has 0 radical (unpaired) electrons. The van der Waals surface area contributed by atoms with Crippen LogP contribution in [0.5, 0.6) is 5.75 Å². The molecule has 3 aromatic rings. The maximum absolute atomic E-state index is 13.1. The number of methoxy groups -OCH3 is 1. The largest absolute Gasteiger partial charge is 0.497 e. The van der Waals surface area contributed by atoms with Crippen LogP contribution >= 0.6 is 0 Å². The van der Waals surface area contributed by atoms with Crippen LogP contribution in [0.2, 0.25) is 0 Å². The number of hydrogen-bond acceptors (Lipinski definition) is 4. The van der Waals surface area contributed by atoms with Gasteiger partial charge in [-0.05, 0) is 48.2 Å². The van der Waals surface area contributed by atoms with Gasteiger partial charge < -0.3 is 15.0 Å². The van der Waals surface area contributed by atoms with Crippen LogP contribution in [-0.2, 0) is 24.8 Å². The first-order chi connectivity index (χ1) is 15.5. The van der Waals surface area contributed by atoms with E-state index in [1.165, 1.54) is 0 Å². The lowest BCUT2D eigenvalue weighted by atomic mass is 10.1. The summed E-state index contributed by atoms with van der Waals surface area (Å²) < 4.78 is 6.91. The second-order valence-corrected chi connectivity index (χ2v) is 8.10. The van der Waals surface area contributed by atoms with E-state index in [9.17, 15) is 9.59 Å². The monoisotopic (exact) mass is 432 g/mol. The van der Waals surface area contributed by atoms with E-state index in [2.05, 4.69) is 10.4 Å². The third kappa shape index (κ3) is 4.99. The minimum atomic E-state index is -0.0494. The molecule has 7 heteroatoms. The van der Waals surface area contributed by atoms with Crippen LogP contribution in [0.3, 0.4) is 0 Å². The van der Waals surface area contributed by atoms with Crippen molar-refractivity contribution in [1.82, 2.24) is 20.0 Å². The summed E-state index contributed by atoms with van der Waals surface area (Å²) in [4.78, 5) is 27.3. The average Bonchev–Trinajstić information content (AvgIpc) is 3.47. The first-order valence-corrected chi connectivity index (χ1v) is 10.8. The van der Waals surface area contributed by atoms with Gasteiger partial charge in [0.1, 0.15) is 5.75 Å². The van der Waals surface area contributed by atoms with Crippen LogP contribution in [0.1, 0.15) is 45.9 Å². The van der Waals surface area contributed by atoms with E-state index in [0.717, 1.165) is 41.8 Å². The van der Waals surface area contributed by atoms with Gasteiger partial charge in [-0.15, -0.1) is 0 Å². The number of nitrogens with zero attached hydrogens (tertiary/aromatic N) is 3. The van der Waals surface area contributed by atoms with E-state index in [1.54, 1.807) is 11.8 Å². The van der Waals surface area contributed by atoms with Crippen LogP contribution in [0.15, 0.2) is 60.9 Å². The molecular weight excluding hydrogens is 404 g/mol. The predicted molar refractivity (Wildman–Crippen MR) is 121 cm³/mol. The van der Waals surface area contributed by atoms with Crippen LogP contribution in [0, 0.1) is 0 Å². The number of carbonyl (C=O) groups excluding carboxylic acids is 2. The molecule has 4 rings (SSSR count). The zero-order chi connectivity index (χ0) is 22.5. The Morgan fingerprint density at radius 3 is 2.47 bits per heavy atom. The van der Waals surface area contributed by atoms with E-state index in [1.807, 2.05) is 72.9 Å². The fraction of sp³-hybridized carbons (Fsp3) is 0.320. The SMILES string of the molecule is COc1ccc(CC(=O)NCc2ccc(C(=O)N3CCCC3c3cnn(C)c3)cc2)cc1. The molecule has 0 bridgehead atoms. The molecule has 166 valence electrons. The van der Waals surface area contributed by atoms with Crippen molar-refractivity contribution >= 4 is 11.8 Å². The summed E-state index contributed by atoms with van der Waals surface area (Å²) in [7, 11) is 3.50. The molecule has 0 spiro atoms. The van der Waals surface area contributed by atoms with Gasteiger partial charge in [0.25, 0.3) is 5.91 Å². The third-order valence-corrected chi connectivity index (χ3v) is 5.84. The summed E-state index contributed by atoms with van der Waals surface area (Å²) in [6.07, 6.45) is 6.08. The number of ether oxygens (including phenoxy) is 1. The highest BCUT2D eigenvalue weighted by atomic mass is 16.5. The van der Waals surface area contributed by atoms with Crippen LogP contribution < -0.4 is 10.1 Å². The molecule has 2 aromatic carbocycles. The van der Waals surface area contributed by atoms with Crippen molar-refractivity contribution < 1.29 is 14.3 Å². The van der Waals surface area contributed by atoms with Gasteiger partial charge in [0.15, 0.2) is 0 Å². The lowest BCUT2D eigenvalue weighted by Gasteiger charge is -2.24. The highest BCUT2D eigenvalue weighted by Crippen LogP contribution is 2.32.